The number of hydrogen-bond acceptors (Lipinski definition) is 12. The summed E-state index contributed by atoms with van der Waals surface area (Å²) in [5.74, 6) is 0.712. The lowest BCUT2D eigenvalue weighted by Gasteiger charge is -2.09. The van der Waals surface area contributed by atoms with Gasteiger partial charge in [0.1, 0.15) is 28.3 Å². The van der Waals surface area contributed by atoms with Gasteiger partial charge in [0.25, 0.3) is 5.69 Å². The first kappa shape index (κ1) is 37.3. The molecule has 18 heteroatoms. The number of carbonyl (C=O) groups is 1. The number of nitrogens with one attached hydrogen (secondary N) is 2. The molecule has 1 heterocycles. The number of anilines is 3. The minimum Gasteiger partial charge on any atom is -0.480 e. The fourth-order valence-corrected chi connectivity index (χ4v) is 3.94. The summed E-state index contributed by atoms with van der Waals surface area (Å²) in [5, 5.41) is 25.2. The van der Waals surface area contributed by atoms with Crippen molar-refractivity contribution in [2.75, 3.05) is 35.7 Å². The Labute approximate surface area is 258 Å². The van der Waals surface area contributed by atoms with Crippen LogP contribution in [-0.4, -0.2) is 67.3 Å². The second kappa shape index (κ2) is 18.0. The predicted molar refractivity (Wildman–Crippen MR) is 168 cm³/mol. The van der Waals surface area contributed by atoms with Crippen molar-refractivity contribution in [3.8, 4) is 11.5 Å². The Morgan fingerprint density at radius 2 is 1.74 bits per heavy atom. The number of benzene rings is 2. The number of para-hydroxylation sites is 1. The van der Waals surface area contributed by atoms with E-state index in [4.69, 9.17) is 49.4 Å². The molecule has 0 bridgehead atoms. The highest BCUT2D eigenvalue weighted by Gasteiger charge is 2.18. The molecule has 0 saturated carbocycles. The Morgan fingerprint density at radius 1 is 1.14 bits per heavy atom. The fourth-order valence-electron chi connectivity index (χ4n) is 2.83. The van der Waals surface area contributed by atoms with Gasteiger partial charge < -0.3 is 36.8 Å². The highest BCUT2D eigenvalue weighted by molar-refractivity contribution is 7.57. The van der Waals surface area contributed by atoms with Crippen molar-refractivity contribution < 1.29 is 29.0 Å². The number of halogens is 2. The first-order valence-electron chi connectivity index (χ1n) is 12.7. The number of aromatic nitrogens is 3. The zero-order valence-electron chi connectivity index (χ0n) is 23.9. The molecule has 2 unspecified atom stereocenters. The van der Waals surface area contributed by atoms with Crippen molar-refractivity contribution in [2.45, 2.75) is 39.3 Å². The molecule has 0 saturated heterocycles. The van der Waals surface area contributed by atoms with E-state index in [0.29, 0.717) is 17.6 Å². The zero-order chi connectivity index (χ0) is 32.7. The van der Waals surface area contributed by atoms with Crippen LogP contribution in [0.25, 0.3) is 0 Å². The third kappa shape index (κ3) is 14.8. The number of ether oxygens (including phenoxy) is 1. The van der Waals surface area contributed by atoms with Crippen molar-refractivity contribution in [3.05, 3.63) is 62.9 Å². The average Bonchev–Trinajstić information content (AvgIpc) is 2.90. The molecule has 0 fully saturated rings. The number of nitrogens with two attached hydrogens (primary N) is 2. The maximum atomic E-state index is 10.7. The van der Waals surface area contributed by atoms with E-state index in [0.717, 1.165) is 6.54 Å². The Kier molecular flexibility index (Phi) is 15.6. The van der Waals surface area contributed by atoms with Crippen LogP contribution in [0, 0.1) is 10.1 Å². The van der Waals surface area contributed by atoms with Crippen molar-refractivity contribution in [2.24, 2.45) is 5.73 Å². The number of nitro benzene ring substituents is 1. The first-order chi connectivity index (χ1) is 20.0. The minimum atomic E-state index is -3.10. The van der Waals surface area contributed by atoms with Crippen molar-refractivity contribution in [1.82, 2.24) is 15.0 Å². The SMILES string of the molecule is CCNc1nc(Cl)nc(NC(C)C)n1.CP(=O)(O)CCC(N)C(=O)O.Nc1c([N+](=O)[O-])ccc(Oc2ccccc2)c1Cl. The summed E-state index contributed by atoms with van der Waals surface area (Å²) in [6, 6.07) is 10.9. The molecule has 0 aliphatic heterocycles. The quantitative estimate of drug-likeness (QED) is 0.0679. The topological polar surface area (TPSA) is 242 Å². The van der Waals surface area contributed by atoms with Gasteiger partial charge >= 0.3 is 5.97 Å². The smallest absolute Gasteiger partial charge is 0.320 e. The van der Waals surface area contributed by atoms with E-state index >= 15 is 0 Å². The number of rotatable bonds is 11. The van der Waals surface area contributed by atoms with Gasteiger partial charge in [-0.1, -0.05) is 29.8 Å². The number of carboxylic acids is 1. The van der Waals surface area contributed by atoms with Gasteiger partial charge in [0, 0.05) is 31.5 Å². The number of hydrogen-bond donors (Lipinski definition) is 6. The van der Waals surface area contributed by atoms with Crippen LogP contribution in [0.3, 0.4) is 0 Å². The molecule has 1 aromatic heterocycles. The lowest BCUT2D eigenvalue weighted by molar-refractivity contribution is -0.383. The molecule has 0 radical (unpaired) electrons. The Morgan fingerprint density at radius 3 is 2.26 bits per heavy atom. The summed E-state index contributed by atoms with van der Waals surface area (Å²) in [7, 11) is -3.10. The van der Waals surface area contributed by atoms with Gasteiger partial charge in [0.2, 0.25) is 17.2 Å². The molecule has 3 rings (SSSR count). The minimum absolute atomic E-state index is 0.0352. The Hall–Kier alpha value is -3.75. The molecule has 0 spiro atoms. The van der Waals surface area contributed by atoms with Gasteiger partial charge in [0.05, 0.1) is 4.92 Å². The molecule has 8 N–H and O–H groups in total. The summed E-state index contributed by atoms with van der Waals surface area (Å²) < 4.78 is 16.1. The monoisotopic (exact) mass is 660 g/mol. The Bertz CT molecular complexity index is 1400. The molecule has 0 aliphatic rings. The fraction of sp³-hybridized carbons (Fsp3) is 0.360. The molecular formula is C25H35Cl2N8O7P. The molecule has 0 aliphatic carbocycles. The molecule has 15 nitrogen and oxygen atoms in total. The predicted octanol–water partition coefficient (Wildman–Crippen LogP) is 5.09. The van der Waals surface area contributed by atoms with E-state index in [1.165, 1.54) is 18.8 Å². The number of nitrogens with zero attached hydrogens (tertiary/aromatic N) is 4. The van der Waals surface area contributed by atoms with E-state index < -0.39 is 24.3 Å². The molecule has 43 heavy (non-hydrogen) atoms. The van der Waals surface area contributed by atoms with Crippen LogP contribution in [0.2, 0.25) is 10.3 Å². The number of nitrogen functional groups attached to an aromatic ring is 1. The average molecular weight is 661 g/mol. The van der Waals surface area contributed by atoms with Gasteiger partial charge in [-0.05, 0) is 57.0 Å². The van der Waals surface area contributed by atoms with E-state index in [9.17, 15) is 19.5 Å². The standard InChI is InChI=1S/C12H9ClN2O3.C8H14ClN5.C5H12NO4P/c13-11-10(18-8-4-2-1-3-5-8)7-6-9(12(11)14)15(16)17;1-4-10-7-12-6(9)13-8(14-7)11-5(2)3;1-11(9,10)3-2-4(6)5(7)8/h1-7H,14H2;5H,4H2,1-3H3,(H2,10,11,12,13,14);4H,2-3,6H2,1H3,(H,7,8)(H,9,10). The van der Waals surface area contributed by atoms with Gasteiger partial charge in [-0.15, -0.1) is 0 Å². The highest BCUT2D eigenvalue weighted by Crippen LogP contribution is 2.39. The summed E-state index contributed by atoms with van der Waals surface area (Å²) in [6.07, 6.45) is 0.0000772. The van der Waals surface area contributed by atoms with Gasteiger partial charge in [-0.25, -0.2) is 0 Å². The third-order valence-electron chi connectivity index (χ3n) is 4.82. The van der Waals surface area contributed by atoms with Crippen LogP contribution < -0.4 is 26.8 Å². The van der Waals surface area contributed by atoms with E-state index in [1.54, 1.807) is 24.3 Å². The van der Waals surface area contributed by atoms with Crippen LogP contribution in [0.15, 0.2) is 42.5 Å². The van der Waals surface area contributed by atoms with Crippen LogP contribution in [-0.2, 0) is 9.36 Å². The van der Waals surface area contributed by atoms with E-state index in [-0.39, 0.29) is 46.1 Å². The number of carboxylic acid groups (broad SMARTS) is 1. The zero-order valence-corrected chi connectivity index (χ0v) is 26.3. The second-order valence-electron chi connectivity index (χ2n) is 9.07. The summed E-state index contributed by atoms with van der Waals surface area (Å²) in [4.78, 5) is 41.0. The number of aliphatic carboxylic acids is 1. The highest BCUT2D eigenvalue weighted by atomic mass is 35.5. The van der Waals surface area contributed by atoms with Gasteiger partial charge in [-0.2, -0.15) is 15.0 Å². The maximum Gasteiger partial charge on any atom is 0.320 e. The second-order valence-corrected chi connectivity index (χ2v) is 12.3. The van der Waals surface area contributed by atoms with Gasteiger partial charge in [0.15, 0.2) is 7.37 Å². The first-order valence-corrected chi connectivity index (χ1v) is 15.7. The van der Waals surface area contributed by atoms with E-state index in [1.807, 2.05) is 26.8 Å². The van der Waals surface area contributed by atoms with E-state index in [2.05, 4.69) is 25.6 Å². The lowest BCUT2D eigenvalue weighted by Crippen LogP contribution is -2.30. The van der Waals surface area contributed by atoms with Crippen LogP contribution in [0.1, 0.15) is 27.2 Å². The maximum absolute atomic E-state index is 10.7. The molecule has 3 aromatic rings. The van der Waals surface area contributed by atoms with Crippen LogP contribution >= 0.6 is 30.6 Å². The number of nitro groups is 1. The summed E-state index contributed by atoms with van der Waals surface area (Å²) >= 11 is 11.7. The molecule has 236 valence electrons. The molecule has 2 atom stereocenters. The molecule has 0 amide bonds. The molecule has 2 aromatic carbocycles. The van der Waals surface area contributed by atoms with Crippen molar-refractivity contribution in [1.29, 1.82) is 0 Å². The van der Waals surface area contributed by atoms with Crippen molar-refractivity contribution in [3.63, 3.8) is 0 Å². The lowest BCUT2D eigenvalue weighted by atomic mass is 10.2. The Balaban J connectivity index is 0.000000334. The third-order valence-corrected chi connectivity index (χ3v) is 6.47. The van der Waals surface area contributed by atoms with Crippen LogP contribution in [0.4, 0.5) is 23.3 Å². The van der Waals surface area contributed by atoms with Gasteiger partial charge in [-0.3, -0.25) is 19.5 Å². The van der Waals surface area contributed by atoms with Crippen molar-refractivity contribution >= 4 is 59.8 Å². The van der Waals surface area contributed by atoms with Crippen LogP contribution in [0.5, 0.6) is 11.5 Å². The summed E-state index contributed by atoms with van der Waals surface area (Å²) in [5.41, 5.74) is 10.3. The molecular weight excluding hydrogens is 626 g/mol. The largest absolute Gasteiger partial charge is 0.480 e. The normalized spacial score (nSPS) is 12.4. The summed E-state index contributed by atoms with van der Waals surface area (Å²) in [6.45, 7) is 7.91.